The fraction of sp³-hybridized carbons (Fsp3) is 0.625. The Kier molecular flexibility index (Phi) is 4.78. The van der Waals surface area contributed by atoms with Gasteiger partial charge in [-0.2, -0.15) is 0 Å². The second-order valence-corrected chi connectivity index (χ2v) is 7.08. The van der Waals surface area contributed by atoms with E-state index in [0.29, 0.717) is 13.0 Å². The number of hydrogen-bond acceptors (Lipinski definition) is 4. The molecule has 1 N–H and O–H groups in total. The summed E-state index contributed by atoms with van der Waals surface area (Å²) in [6, 6.07) is 2.03. The standard InChI is InChI=1S/C16H21NO4S/c18-15(19)5-4-12-3-1-2-7-17(12)16(20)14-9-11-10-21-8-6-13(11)22-14/h9,12H,1-8,10H2,(H,18,19). The van der Waals surface area contributed by atoms with Gasteiger partial charge in [0, 0.05) is 30.3 Å². The molecule has 1 aromatic heterocycles. The molecule has 2 aliphatic rings. The van der Waals surface area contributed by atoms with E-state index in [2.05, 4.69) is 0 Å². The summed E-state index contributed by atoms with van der Waals surface area (Å²) in [7, 11) is 0. The number of carboxylic acid groups (broad SMARTS) is 1. The summed E-state index contributed by atoms with van der Waals surface area (Å²) in [6.45, 7) is 2.07. The molecule has 6 heteroatoms. The van der Waals surface area contributed by atoms with E-state index in [1.165, 1.54) is 4.88 Å². The molecule has 1 saturated heterocycles. The molecule has 0 aromatic carbocycles. The van der Waals surface area contributed by atoms with Gasteiger partial charge in [0.05, 0.1) is 18.1 Å². The zero-order valence-corrected chi connectivity index (χ0v) is 13.4. The highest BCUT2D eigenvalue weighted by molar-refractivity contribution is 7.14. The molecule has 0 radical (unpaired) electrons. The Labute approximate surface area is 133 Å². The lowest BCUT2D eigenvalue weighted by Crippen LogP contribution is -2.43. The minimum absolute atomic E-state index is 0.0627. The molecular formula is C16H21NO4S. The first-order chi connectivity index (χ1) is 10.6. The third kappa shape index (κ3) is 3.33. The average Bonchev–Trinajstić information content (AvgIpc) is 2.96. The number of piperidine rings is 1. The van der Waals surface area contributed by atoms with E-state index in [9.17, 15) is 9.59 Å². The first-order valence-corrected chi connectivity index (χ1v) is 8.69. The molecule has 0 saturated carbocycles. The number of fused-ring (bicyclic) bond motifs is 1. The van der Waals surface area contributed by atoms with Crippen LogP contribution in [0.25, 0.3) is 0 Å². The van der Waals surface area contributed by atoms with Gasteiger partial charge in [-0.3, -0.25) is 9.59 Å². The molecule has 3 heterocycles. The molecule has 1 amide bonds. The topological polar surface area (TPSA) is 66.8 Å². The quantitative estimate of drug-likeness (QED) is 0.925. The summed E-state index contributed by atoms with van der Waals surface area (Å²) in [5, 5.41) is 8.88. The first kappa shape index (κ1) is 15.5. The van der Waals surface area contributed by atoms with Gasteiger partial charge in [-0.05, 0) is 37.3 Å². The molecule has 1 fully saturated rings. The normalized spacial score (nSPS) is 21.5. The minimum Gasteiger partial charge on any atom is -0.481 e. The van der Waals surface area contributed by atoms with E-state index < -0.39 is 5.97 Å². The minimum atomic E-state index is -0.790. The van der Waals surface area contributed by atoms with E-state index in [4.69, 9.17) is 9.84 Å². The number of carbonyl (C=O) groups is 2. The van der Waals surface area contributed by atoms with Crippen LogP contribution in [0.4, 0.5) is 0 Å². The summed E-state index contributed by atoms with van der Waals surface area (Å²) >= 11 is 1.58. The van der Waals surface area contributed by atoms with Crippen LogP contribution in [0.5, 0.6) is 0 Å². The van der Waals surface area contributed by atoms with Gasteiger partial charge in [0.15, 0.2) is 0 Å². The molecule has 0 spiro atoms. The number of carboxylic acids is 1. The molecule has 0 bridgehead atoms. The Morgan fingerprint density at radius 1 is 1.41 bits per heavy atom. The van der Waals surface area contributed by atoms with Gasteiger partial charge in [-0.25, -0.2) is 0 Å². The molecule has 5 nitrogen and oxygen atoms in total. The Balaban J connectivity index is 1.73. The molecule has 1 unspecified atom stereocenters. The predicted molar refractivity (Wildman–Crippen MR) is 83.2 cm³/mol. The second kappa shape index (κ2) is 6.79. The zero-order chi connectivity index (χ0) is 15.5. The van der Waals surface area contributed by atoms with Crippen molar-refractivity contribution in [3.05, 3.63) is 21.4 Å². The monoisotopic (exact) mass is 323 g/mol. The van der Waals surface area contributed by atoms with Crippen LogP contribution >= 0.6 is 11.3 Å². The van der Waals surface area contributed by atoms with Crippen molar-refractivity contribution in [1.82, 2.24) is 4.90 Å². The molecule has 2 aliphatic heterocycles. The van der Waals surface area contributed by atoms with Gasteiger partial charge in [-0.1, -0.05) is 0 Å². The molecule has 1 atom stereocenters. The highest BCUT2D eigenvalue weighted by Gasteiger charge is 2.29. The van der Waals surface area contributed by atoms with E-state index in [1.807, 2.05) is 11.0 Å². The number of rotatable bonds is 4. The van der Waals surface area contributed by atoms with Gasteiger partial charge >= 0.3 is 5.97 Å². The van der Waals surface area contributed by atoms with Gasteiger partial charge in [-0.15, -0.1) is 11.3 Å². The summed E-state index contributed by atoms with van der Waals surface area (Å²) in [5.74, 6) is -0.726. The summed E-state index contributed by atoms with van der Waals surface area (Å²) < 4.78 is 5.44. The van der Waals surface area contributed by atoms with Crippen LogP contribution in [0.3, 0.4) is 0 Å². The van der Waals surface area contributed by atoms with Crippen molar-refractivity contribution in [2.75, 3.05) is 13.2 Å². The predicted octanol–water partition coefficient (Wildman–Crippen LogP) is 2.68. The lowest BCUT2D eigenvalue weighted by molar-refractivity contribution is -0.137. The van der Waals surface area contributed by atoms with E-state index >= 15 is 0 Å². The highest BCUT2D eigenvalue weighted by atomic mass is 32.1. The third-order valence-electron chi connectivity index (χ3n) is 4.42. The largest absolute Gasteiger partial charge is 0.481 e. The van der Waals surface area contributed by atoms with Crippen LogP contribution in [-0.2, 0) is 22.6 Å². The number of likely N-dealkylation sites (tertiary alicyclic amines) is 1. The number of ether oxygens (including phenoxy) is 1. The van der Waals surface area contributed by atoms with Crippen molar-refractivity contribution >= 4 is 23.2 Å². The van der Waals surface area contributed by atoms with Crippen LogP contribution in [0.1, 0.15) is 52.2 Å². The van der Waals surface area contributed by atoms with Crippen molar-refractivity contribution in [1.29, 1.82) is 0 Å². The number of amides is 1. The lowest BCUT2D eigenvalue weighted by atomic mass is 9.97. The van der Waals surface area contributed by atoms with Gasteiger partial charge in [0.2, 0.25) is 0 Å². The zero-order valence-electron chi connectivity index (χ0n) is 12.5. The van der Waals surface area contributed by atoms with Crippen LogP contribution in [0, 0.1) is 0 Å². The lowest BCUT2D eigenvalue weighted by Gasteiger charge is -2.35. The fourth-order valence-electron chi connectivity index (χ4n) is 3.25. The molecule has 0 aliphatic carbocycles. The van der Waals surface area contributed by atoms with E-state index in [-0.39, 0.29) is 18.4 Å². The number of aliphatic carboxylic acids is 1. The van der Waals surface area contributed by atoms with Gasteiger partial charge in [0.25, 0.3) is 5.91 Å². The Bertz CT molecular complexity index is 545. The maximum absolute atomic E-state index is 12.8. The highest BCUT2D eigenvalue weighted by Crippen LogP contribution is 2.30. The Morgan fingerprint density at radius 2 is 2.27 bits per heavy atom. The fourth-order valence-corrected chi connectivity index (χ4v) is 4.36. The number of thiophene rings is 1. The smallest absolute Gasteiger partial charge is 0.303 e. The van der Waals surface area contributed by atoms with Crippen molar-refractivity contribution in [3.63, 3.8) is 0 Å². The van der Waals surface area contributed by atoms with Crippen molar-refractivity contribution in [3.8, 4) is 0 Å². The molecular weight excluding hydrogens is 302 g/mol. The Morgan fingerprint density at radius 3 is 3.05 bits per heavy atom. The van der Waals surface area contributed by atoms with Crippen molar-refractivity contribution in [2.45, 2.75) is 51.2 Å². The van der Waals surface area contributed by atoms with Crippen LogP contribution < -0.4 is 0 Å². The Hall–Kier alpha value is -1.40. The maximum Gasteiger partial charge on any atom is 0.303 e. The first-order valence-electron chi connectivity index (χ1n) is 7.87. The number of nitrogens with zero attached hydrogens (tertiary/aromatic N) is 1. The second-order valence-electron chi connectivity index (χ2n) is 5.94. The van der Waals surface area contributed by atoms with Crippen LogP contribution in [0.15, 0.2) is 6.07 Å². The number of carbonyl (C=O) groups excluding carboxylic acids is 1. The SMILES string of the molecule is O=C(O)CCC1CCCCN1C(=O)c1cc2c(s1)CCOC2. The summed E-state index contributed by atoms with van der Waals surface area (Å²) in [5.41, 5.74) is 1.14. The van der Waals surface area contributed by atoms with Crippen LogP contribution in [0.2, 0.25) is 0 Å². The van der Waals surface area contributed by atoms with Gasteiger partial charge < -0.3 is 14.7 Å². The van der Waals surface area contributed by atoms with Crippen LogP contribution in [-0.4, -0.2) is 41.1 Å². The van der Waals surface area contributed by atoms with Gasteiger partial charge in [0.1, 0.15) is 0 Å². The molecule has 120 valence electrons. The molecule has 1 aromatic rings. The van der Waals surface area contributed by atoms with E-state index in [1.54, 1.807) is 11.3 Å². The van der Waals surface area contributed by atoms with E-state index in [0.717, 1.165) is 49.3 Å². The van der Waals surface area contributed by atoms with Crippen molar-refractivity contribution in [2.24, 2.45) is 0 Å². The summed E-state index contributed by atoms with van der Waals surface area (Å²) in [6.07, 6.45) is 4.55. The summed E-state index contributed by atoms with van der Waals surface area (Å²) in [4.78, 5) is 27.6. The molecule has 3 rings (SSSR count). The van der Waals surface area contributed by atoms with Crippen molar-refractivity contribution < 1.29 is 19.4 Å². The molecule has 22 heavy (non-hydrogen) atoms. The maximum atomic E-state index is 12.8. The average molecular weight is 323 g/mol. The third-order valence-corrected chi connectivity index (χ3v) is 5.64. The number of hydrogen-bond donors (Lipinski definition) is 1.